The van der Waals surface area contributed by atoms with Gasteiger partial charge in [-0.05, 0) is 47.9 Å². The van der Waals surface area contributed by atoms with Crippen molar-refractivity contribution in [2.45, 2.75) is 37.8 Å². The molecule has 1 nitrogen and oxygen atoms in total. The molecule has 0 heterocycles. The normalized spacial score (nSPS) is 22.4. The summed E-state index contributed by atoms with van der Waals surface area (Å²) in [6.07, 6.45) is 10.5. The van der Waals surface area contributed by atoms with Crippen molar-refractivity contribution in [2.75, 3.05) is 6.54 Å². The van der Waals surface area contributed by atoms with Crippen LogP contribution in [0, 0.1) is 12.3 Å². The number of nitrogens with zero attached hydrogens (tertiary/aromatic N) is 1. The second-order valence-electron chi connectivity index (χ2n) is 6.38. The summed E-state index contributed by atoms with van der Waals surface area (Å²) < 4.78 is 0. The van der Waals surface area contributed by atoms with E-state index in [9.17, 15) is 0 Å². The van der Waals surface area contributed by atoms with E-state index in [1.54, 1.807) is 0 Å². The van der Waals surface area contributed by atoms with Crippen LogP contribution in [-0.4, -0.2) is 11.4 Å². The first kappa shape index (κ1) is 13.6. The molecule has 2 unspecified atom stereocenters. The van der Waals surface area contributed by atoms with Crippen LogP contribution in [0.4, 0.5) is 0 Å². The maximum atomic E-state index is 5.71. The van der Waals surface area contributed by atoms with E-state index in [2.05, 4.69) is 59.4 Å². The Morgan fingerprint density at radius 1 is 0.864 bits per heavy atom. The minimum atomic E-state index is 0.475. The third kappa shape index (κ3) is 2.16. The summed E-state index contributed by atoms with van der Waals surface area (Å²) in [4.78, 5) is 2.57. The van der Waals surface area contributed by atoms with Crippen LogP contribution >= 0.6 is 0 Å². The van der Waals surface area contributed by atoms with Crippen molar-refractivity contribution in [3.8, 4) is 12.3 Å². The van der Waals surface area contributed by atoms with Gasteiger partial charge in [0, 0.05) is 12.1 Å². The number of rotatable bonds is 3. The van der Waals surface area contributed by atoms with Crippen molar-refractivity contribution in [1.29, 1.82) is 0 Å². The third-order valence-corrected chi connectivity index (χ3v) is 5.28. The summed E-state index contributed by atoms with van der Waals surface area (Å²) >= 11 is 0. The van der Waals surface area contributed by atoms with Gasteiger partial charge in [-0.1, -0.05) is 54.5 Å². The van der Waals surface area contributed by atoms with Crippen LogP contribution in [0.5, 0.6) is 0 Å². The van der Waals surface area contributed by atoms with Gasteiger partial charge in [0.1, 0.15) is 0 Å². The molecule has 2 atom stereocenters. The van der Waals surface area contributed by atoms with Crippen LogP contribution in [0.1, 0.15) is 47.2 Å². The SMILES string of the molecule is C#CCN(C1CCc2ccccc21)C1CCc2ccccc21. The van der Waals surface area contributed by atoms with Crippen LogP contribution in [0.3, 0.4) is 0 Å². The van der Waals surface area contributed by atoms with Gasteiger partial charge in [0.05, 0.1) is 6.54 Å². The molecule has 22 heavy (non-hydrogen) atoms. The van der Waals surface area contributed by atoms with Crippen molar-refractivity contribution < 1.29 is 0 Å². The highest BCUT2D eigenvalue weighted by molar-refractivity contribution is 5.38. The van der Waals surface area contributed by atoms with Crippen LogP contribution in [0.25, 0.3) is 0 Å². The quantitative estimate of drug-likeness (QED) is 0.761. The molecule has 0 saturated carbocycles. The van der Waals surface area contributed by atoms with E-state index in [1.165, 1.54) is 47.9 Å². The molecule has 2 aliphatic rings. The number of hydrogen-bond donors (Lipinski definition) is 0. The van der Waals surface area contributed by atoms with Gasteiger partial charge in [0.15, 0.2) is 0 Å². The van der Waals surface area contributed by atoms with Gasteiger partial charge >= 0.3 is 0 Å². The molecular weight excluding hydrogens is 266 g/mol. The number of aryl methyl sites for hydroxylation is 2. The Balaban J connectivity index is 1.70. The molecule has 0 N–H and O–H groups in total. The fraction of sp³-hybridized carbons (Fsp3) is 0.333. The number of hydrogen-bond acceptors (Lipinski definition) is 1. The average Bonchev–Trinajstić information content (AvgIpc) is 3.17. The zero-order chi connectivity index (χ0) is 14.9. The summed E-state index contributed by atoms with van der Waals surface area (Å²) in [6, 6.07) is 18.7. The first-order valence-corrected chi connectivity index (χ1v) is 8.23. The minimum absolute atomic E-state index is 0.475. The standard InChI is InChI=1S/C21H21N/c1-2-15-22(20-13-11-16-7-3-5-9-18(16)20)21-14-12-17-8-4-6-10-19(17)21/h1,3-10,20-21H,11-15H2. The summed E-state index contributed by atoms with van der Waals surface area (Å²) in [5, 5.41) is 0. The molecule has 0 spiro atoms. The van der Waals surface area contributed by atoms with E-state index in [0.29, 0.717) is 12.1 Å². The van der Waals surface area contributed by atoms with E-state index in [-0.39, 0.29) is 0 Å². The van der Waals surface area contributed by atoms with E-state index in [4.69, 9.17) is 6.42 Å². The summed E-state index contributed by atoms with van der Waals surface area (Å²) in [7, 11) is 0. The molecule has 1 heteroatoms. The molecule has 2 aliphatic carbocycles. The second kappa shape index (κ2) is 5.63. The Bertz CT molecular complexity index is 669. The Morgan fingerprint density at radius 3 is 1.86 bits per heavy atom. The molecule has 4 rings (SSSR count). The number of fused-ring (bicyclic) bond motifs is 2. The first-order chi connectivity index (χ1) is 10.9. The van der Waals surface area contributed by atoms with E-state index in [0.717, 1.165) is 6.54 Å². The van der Waals surface area contributed by atoms with E-state index >= 15 is 0 Å². The number of terminal acetylenes is 1. The number of benzene rings is 2. The van der Waals surface area contributed by atoms with E-state index < -0.39 is 0 Å². The lowest BCUT2D eigenvalue weighted by atomic mass is 10.0. The monoisotopic (exact) mass is 287 g/mol. The van der Waals surface area contributed by atoms with Crippen molar-refractivity contribution >= 4 is 0 Å². The predicted molar refractivity (Wildman–Crippen MR) is 90.5 cm³/mol. The van der Waals surface area contributed by atoms with Crippen LogP contribution in [0.15, 0.2) is 48.5 Å². The maximum Gasteiger partial charge on any atom is 0.0610 e. The zero-order valence-corrected chi connectivity index (χ0v) is 12.8. The average molecular weight is 287 g/mol. The molecule has 110 valence electrons. The molecule has 2 aromatic carbocycles. The predicted octanol–water partition coefficient (Wildman–Crippen LogP) is 4.30. The highest BCUT2D eigenvalue weighted by atomic mass is 15.2. The summed E-state index contributed by atoms with van der Waals surface area (Å²) in [5.74, 6) is 2.91. The maximum absolute atomic E-state index is 5.71. The van der Waals surface area contributed by atoms with Crippen molar-refractivity contribution in [3.63, 3.8) is 0 Å². The fourth-order valence-corrected chi connectivity index (χ4v) is 4.30. The smallest absolute Gasteiger partial charge is 0.0610 e. The zero-order valence-electron chi connectivity index (χ0n) is 12.8. The van der Waals surface area contributed by atoms with Gasteiger partial charge in [-0.15, -0.1) is 6.42 Å². The molecule has 0 bridgehead atoms. The van der Waals surface area contributed by atoms with E-state index in [1.807, 2.05) is 0 Å². The lowest BCUT2D eigenvalue weighted by Crippen LogP contribution is -2.31. The molecule has 2 aromatic rings. The third-order valence-electron chi connectivity index (χ3n) is 5.28. The summed E-state index contributed by atoms with van der Waals surface area (Å²) in [6.45, 7) is 0.734. The van der Waals surface area contributed by atoms with Crippen molar-refractivity contribution in [2.24, 2.45) is 0 Å². The van der Waals surface area contributed by atoms with Crippen LogP contribution < -0.4 is 0 Å². The summed E-state index contributed by atoms with van der Waals surface area (Å²) in [5.41, 5.74) is 5.98. The Morgan fingerprint density at radius 2 is 1.36 bits per heavy atom. The highest BCUT2D eigenvalue weighted by Crippen LogP contribution is 2.44. The molecule has 0 radical (unpaired) electrons. The van der Waals surface area contributed by atoms with Gasteiger partial charge in [-0.2, -0.15) is 0 Å². The second-order valence-corrected chi connectivity index (χ2v) is 6.38. The van der Waals surface area contributed by atoms with Gasteiger partial charge < -0.3 is 0 Å². The van der Waals surface area contributed by atoms with Gasteiger partial charge in [0.2, 0.25) is 0 Å². The first-order valence-electron chi connectivity index (χ1n) is 8.23. The van der Waals surface area contributed by atoms with Crippen LogP contribution in [-0.2, 0) is 12.8 Å². The van der Waals surface area contributed by atoms with Gasteiger partial charge in [0.25, 0.3) is 0 Å². The minimum Gasteiger partial charge on any atom is -0.278 e. The molecule has 0 fully saturated rings. The van der Waals surface area contributed by atoms with Gasteiger partial charge in [-0.25, -0.2) is 0 Å². The van der Waals surface area contributed by atoms with Crippen molar-refractivity contribution in [3.05, 3.63) is 70.8 Å². The lowest BCUT2D eigenvalue weighted by molar-refractivity contribution is 0.153. The topological polar surface area (TPSA) is 3.24 Å². The molecule has 0 aromatic heterocycles. The molecule has 0 saturated heterocycles. The Hall–Kier alpha value is -2.04. The largest absolute Gasteiger partial charge is 0.278 e. The fourth-order valence-electron chi connectivity index (χ4n) is 4.30. The molecular formula is C21H21N. The van der Waals surface area contributed by atoms with Gasteiger partial charge in [-0.3, -0.25) is 4.90 Å². The Labute approximate surface area is 133 Å². The highest BCUT2D eigenvalue weighted by Gasteiger charge is 2.35. The Kier molecular flexibility index (Phi) is 3.48. The molecule has 0 aliphatic heterocycles. The lowest BCUT2D eigenvalue weighted by Gasteiger charge is -2.34. The van der Waals surface area contributed by atoms with Crippen LogP contribution in [0.2, 0.25) is 0 Å². The molecule has 0 amide bonds. The van der Waals surface area contributed by atoms with Crippen molar-refractivity contribution in [1.82, 2.24) is 4.90 Å².